The Morgan fingerprint density at radius 3 is 1.04 bits per heavy atom. The Morgan fingerprint density at radius 2 is 0.633 bits per heavy atom. The van der Waals surface area contributed by atoms with Gasteiger partial charge in [-0.25, -0.2) is 14.8 Å². The van der Waals surface area contributed by atoms with E-state index in [2.05, 4.69) is 215 Å². The summed E-state index contributed by atoms with van der Waals surface area (Å²) in [5.41, 5.74) is 18.1. The average Bonchev–Trinajstić information content (AvgIpc) is 4.18. The molecule has 0 bridgehead atoms. The molecule has 0 saturated carbocycles. The van der Waals surface area contributed by atoms with E-state index in [1.165, 1.54) is 0 Å². The summed E-state index contributed by atoms with van der Waals surface area (Å²) in [6.45, 7) is 0. The molecule has 0 radical (unpaired) electrons. The predicted octanol–water partition coefficient (Wildman–Crippen LogP) is 18.4. The van der Waals surface area contributed by atoms with Crippen LogP contribution < -0.4 is 5.63 Å². The van der Waals surface area contributed by atoms with Gasteiger partial charge in [0.25, 0.3) is 0 Å². The number of hydrogen-bond acceptors (Lipinski definition) is 4. The molecular formula is C73H46N4O2. The smallest absolute Gasteiger partial charge is 0.336 e. The fraction of sp³-hybridized carbons (Fsp3) is 0. The van der Waals surface area contributed by atoms with Crippen LogP contribution in [0.25, 0.3) is 144 Å². The Labute approximate surface area is 455 Å². The van der Waals surface area contributed by atoms with Crippen LogP contribution in [-0.2, 0) is 0 Å². The molecule has 0 unspecified atom stereocenters. The van der Waals surface area contributed by atoms with Crippen LogP contribution in [0.3, 0.4) is 0 Å². The van der Waals surface area contributed by atoms with E-state index in [-0.39, 0.29) is 0 Å². The molecule has 11 aromatic carbocycles. The maximum absolute atomic E-state index is 14.8. The molecule has 0 amide bonds. The van der Waals surface area contributed by atoms with Crippen molar-refractivity contribution in [3.05, 3.63) is 289 Å². The van der Waals surface area contributed by atoms with E-state index in [4.69, 9.17) is 14.4 Å². The lowest BCUT2D eigenvalue weighted by Crippen LogP contribution is -2.07. The monoisotopic (exact) mass is 1010 g/mol. The first-order valence-corrected chi connectivity index (χ1v) is 26.6. The van der Waals surface area contributed by atoms with Gasteiger partial charge < -0.3 is 13.6 Å². The second-order valence-corrected chi connectivity index (χ2v) is 20.0. The van der Waals surface area contributed by atoms with Crippen molar-refractivity contribution in [2.24, 2.45) is 0 Å². The van der Waals surface area contributed by atoms with Crippen LogP contribution in [0.2, 0.25) is 0 Å². The van der Waals surface area contributed by atoms with Gasteiger partial charge in [-0.3, -0.25) is 0 Å². The van der Waals surface area contributed by atoms with Crippen LogP contribution in [0.4, 0.5) is 0 Å². The van der Waals surface area contributed by atoms with Crippen molar-refractivity contribution in [2.45, 2.75) is 0 Å². The second-order valence-electron chi connectivity index (χ2n) is 20.0. The van der Waals surface area contributed by atoms with E-state index in [0.717, 1.165) is 122 Å². The molecule has 6 heteroatoms. The van der Waals surface area contributed by atoms with E-state index >= 15 is 0 Å². The number of benzene rings is 11. The molecule has 0 atom stereocenters. The van der Waals surface area contributed by atoms with E-state index in [1.807, 2.05) is 66.7 Å². The quantitative estimate of drug-likeness (QED) is 0.135. The summed E-state index contributed by atoms with van der Waals surface area (Å²) in [6, 6.07) is 97.0. The normalized spacial score (nSPS) is 11.6. The van der Waals surface area contributed by atoms with Crippen molar-refractivity contribution in [3.8, 4) is 89.8 Å². The molecule has 0 fully saturated rings. The van der Waals surface area contributed by atoms with Crippen molar-refractivity contribution < 1.29 is 4.42 Å². The van der Waals surface area contributed by atoms with Crippen molar-refractivity contribution in [3.63, 3.8) is 0 Å². The molecule has 0 aliphatic heterocycles. The fourth-order valence-corrected chi connectivity index (χ4v) is 11.7. The third-order valence-corrected chi connectivity index (χ3v) is 15.4. The van der Waals surface area contributed by atoms with Crippen LogP contribution in [0.1, 0.15) is 0 Å². The summed E-state index contributed by atoms with van der Waals surface area (Å²) in [4.78, 5) is 25.4. The van der Waals surface area contributed by atoms with Gasteiger partial charge in [-0.05, 0) is 111 Å². The van der Waals surface area contributed by atoms with Crippen molar-refractivity contribution in [1.29, 1.82) is 0 Å². The van der Waals surface area contributed by atoms with Crippen molar-refractivity contribution in [1.82, 2.24) is 19.1 Å². The Bertz CT molecular complexity index is 4630. The molecule has 15 rings (SSSR count). The topological polar surface area (TPSA) is 65.8 Å². The molecule has 0 spiro atoms. The molecule has 4 heterocycles. The highest BCUT2D eigenvalue weighted by atomic mass is 16.4. The molecule has 0 saturated heterocycles. The van der Waals surface area contributed by atoms with E-state index in [0.29, 0.717) is 22.7 Å². The zero-order chi connectivity index (χ0) is 52.4. The van der Waals surface area contributed by atoms with Crippen molar-refractivity contribution in [2.75, 3.05) is 0 Å². The maximum atomic E-state index is 14.8. The molecule has 79 heavy (non-hydrogen) atoms. The predicted molar refractivity (Wildman–Crippen MR) is 325 cm³/mol. The van der Waals surface area contributed by atoms with Crippen LogP contribution >= 0.6 is 0 Å². The summed E-state index contributed by atoms with van der Waals surface area (Å²) in [6.07, 6.45) is 0. The highest BCUT2D eigenvalue weighted by Gasteiger charge is 2.26. The van der Waals surface area contributed by atoms with Crippen LogP contribution in [0.5, 0.6) is 0 Å². The van der Waals surface area contributed by atoms with Gasteiger partial charge in [-0.1, -0.05) is 206 Å². The molecule has 4 aromatic heterocycles. The van der Waals surface area contributed by atoms with Crippen molar-refractivity contribution >= 4 is 54.6 Å². The van der Waals surface area contributed by atoms with Crippen LogP contribution in [-0.4, -0.2) is 19.1 Å². The average molecular weight is 1010 g/mol. The van der Waals surface area contributed by atoms with Gasteiger partial charge in [-0.15, -0.1) is 0 Å². The zero-order valence-corrected chi connectivity index (χ0v) is 42.7. The van der Waals surface area contributed by atoms with Gasteiger partial charge in [0.2, 0.25) is 0 Å². The first kappa shape index (κ1) is 45.7. The minimum Gasteiger partial charge on any atom is -0.420 e. The lowest BCUT2D eigenvalue weighted by Gasteiger charge is -2.18. The summed E-state index contributed by atoms with van der Waals surface area (Å²) in [5, 5.41) is 5.06. The minimum atomic E-state index is -0.497. The Balaban J connectivity index is 1.07. The molecule has 0 N–H and O–H groups in total. The lowest BCUT2D eigenvalue weighted by molar-refractivity contribution is 0.560. The summed E-state index contributed by atoms with van der Waals surface area (Å²) >= 11 is 0. The Hall–Kier alpha value is -10.7. The molecular weight excluding hydrogens is 965 g/mol. The summed E-state index contributed by atoms with van der Waals surface area (Å²) in [5.74, 6) is 0.542. The van der Waals surface area contributed by atoms with Gasteiger partial charge >= 0.3 is 5.63 Å². The van der Waals surface area contributed by atoms with Crippen LogP contribution in [0.15, 0.2) is 288 Å². The lowest BCUT2D eigenvalue weighted by atomic mass is 10.0. The van der Waals surface area contributed by atoms with Gasteiger partial charge in [0.05, 0.1) is 50.2 Å². The standard InChI is InChI=1S/C73H46N4O2/c78-70-45-61(63-46-62(51-27-15-5-16-28-51)74-73(75-63)52-29-17-6-18-30-52)71-68(76-64-35-31-53(47-19-7-1-8-20-47)41-57(64)58-42-54(32-36-65(58)76)48-21-9-2-10-22-48)39-40-69(72(71)79-70)77-66-37-33-55(49-23-11-3-12-24-49)43-59(66)60-44-56(34-38-67(60)77)50-25-13-4-14-26-50/h1-46H. The largest absolute Gasteiger partial charge is 0.420 e. The second kappa shape index (κ2) is 18.8. The number of nitrogens with zero attached hydrogens (tertiary/aromatic N) is 4. The summed E-state index contributed by atoms with van der Waals surface area (Å²) < 4.78 is 11.4. The number of rotatable bonds is 9. The maximum Gasteiger partial charge on any atom is 0.336 e. The van der Waals surface area contributed by atoms with Gasteiger partial charge in [0.15, 0.2) is 11.4 Å². The molecule has 370 valence electrons. The highest BCUT2D eigenvalue weighted by Crippen LogP contribution is 2.45. The number of fused-ring (bicyclic) bond motifs is 7. The number of aromatic nitrogens is 4. The number of hydrogen-bond donors (Lipinski definition) is 0. The van der Waals surface area contributed by atoms with E-state index in [1.54, 1.807) is 6.07 Å². The fourth-order valence-electron chi connectivity index (χ4n) is 11.7. The summed E-state index contributed by atoms with van der Waals surface area (Å²) in [7, 11) is 0. The molecule has 6 nitrogen and oxygen atoms in total. The van der Waals surface area contributed by atoms with Gasteiger partial charge in [0, 0.05) is 44.3 Å². The van der Waals surface area contributed by atoms with Crippen LogP contribution in [0, 0.1) is 0 Å². The van der Waals surface area contributed by atoms with E-state index in [9.17, 15) is 4.79 Å². The highest BCUT2D eigenvalue weighted by molar-refractivity contribution is 6.16. The zero-order valence-electron chi connectivity index (χ0n) is 42.7. The first-order valence-electron chi connectivity index (χ1n) is 26.6. The SMILES string of the molecule is O=c1cc(-c2cc(-c3ccccc3)nc(-c3ccccc3)n2)c2c(-n3c4ccc(-c5ccccc5)cc4c4cc(-c5ccccc5)ccc43)ccc(-n3c4ccc(-c5ccccc5)cc4c4cc(-c5ccccc5)ccc43)c2o1. The minimum absolute atomic E-state index is 0.427. The molecule has 0 aliphatic carbocycles. The van der Waals surface area contributed by atoms with Gasteiger partial charge in [-0.2, -0.15) is 0 Å². The Kier molecular flexibility index (Phi) is 10.9. The molecule has 0 aliphatic rings. The third-order valence-electron chi connectivity index (χ3n) is 15.4. The van der Waals surface area contributed by atoms with Gasteiger partial charge in [0.1, 0.15) is 0 Å². The van der Waals surface area contributed by atoms with E-state index < -0.39 is 5.63 Å². The third kappa shape index (κ3) is 7.93. The molecule has 15 aromatic rings. The Morgan fingerprint density at radius 1 is 0.291 bits per heavy atom. The first-order chi connectivity index (χ1) is 39.1.